The van der Waals surface area contributed by atoms with Crippen LogP contribution in [0.5, 0.6) is 11.5 Å². The van der Waals surface area contributed by atoms with E-state index in [0.29, 0.717) is 48.9 Å². The van der Waals surface area contributed by atoms with E-state index in [1.54, 1.807) is 23.9 Å². The van der Waals surface area contributed by atoms with E-state index in [1.165, 1.54) is 11.0 Å². The summed E-state index contributed by atoms with van der Waals surface area (Å²) in [5.41, 5.74) is 2.90. The van der Waals surface area contributed by atoms with E-state index in [9.17, 15) is 18.0 Å². The van der Waals surface area contributed by atoms with E-state index in [4.69, 9.17) is 19.3 Å². The normalized spacial score (nSPS) is 17.7. The fraction of sp³-hybridized carbons (Fsp3) is 0.321. The molecular weight excluding hydrogens is 522 g/mol. The number of carbonyl (C=O) groups excluding carboxylic acids is 2. The minimum absolute atomic E-state index is 0.0610. The zero-order chi connectivity index (χ0) is 27.4. The summed E-state index contributed by atoms with van der Waals surface area (Å²) >= 11 is 0. The first kappa shape index (κ1) is 26.5. The third-order valence-corrected chi connectivity index (χ3v) is 8.38. The van der Waals surface area contributed by atoms with Crippen LogP contribution < -0.4 is 9.47 Å². The van der Waals surface area contributed by atoms with Crippen LogP contribution in [0.15, 0.2) is 60.8 Å². The predicted octanol–water partition coefficient (Wildman–Crippen LogP) is 2.90. The minimum Gasteiger partial charge on any atom is -0.486 e. The van der Waals surface area contributed by atoms with Gasteiger partial charge in [-0.1, -0.05) is 18.2 Å². The summed E-state index contributed by atoms with van der Waals surface area (Å²) in [6.45, 7) is 2.59. The Labute approximate surface area is 226 Å². The summed E-state index contributed by atoms with van der Waals surface area (Å²) in [6, 6.07) is 14.7. The fourth-order valence-electron chi connectivity index (χ4n) is 4.72. The number of carbonyl (C=O) groups is 2. The zero-order valence-electron chi connectivity index (χ0n) is 21.5. The lowest BCUT2D eigenvalue weighted by Crippen LogP contribution is -2.43. The minimum atomic E-state index is -3.14. The molecule has 3 aromatic rings. The maximum atomic E-state index is 12.7. The molecule has 1 fully saturated rings. The molecule has 3 heterocycles. The van der Waals surface area contributed by atoms with Crippen molar-refractivity contribution >= 4 is 27.8 Å². The quantitative estimate of drug-likeness (QED) is 0.310. The van der Waals surface area contributed by atoms with Crippen LogP contribution in [0.4, 0.5) is 0 Å². The van der Waals surface area contributed by atoms with Crippen molar-refractivity contribution in [1.29, 1.82) is 0 Å². The van der Waals surface area contributed by atoms with Gasteiger partial charge in [0.25, 0.3) is 5.91 Å². The SMILES string of the molecule is CCN(C(=O)COC(=O)/C=C/c1cn(-c2ccccc2)nc1-c1ccc2c(c1)OCCO2)[C@@H]1CCS(=O)(=O)C1. The monoisotopic (exact) mass is 551 g/mol. The van der Waals surface area contributed by atoms with E-state index in [1.807, 2.05) is 48.5 Å². The number of sulfone groups is 1. The molecule has 10 nitrogen and oxygen atoms in total. The van der Waals surface area contributed by atoms with Crippen molar-refractivity contribution < 1.29 is 32.2 Å². The molecular formula is C28H29N3O7S. The summed E-state index contributed by atoms with van der Waals surface area (Å²) in [7, 11) is -3.14. The highest BCUT2D eigenvalue weighted by atomic mass is 32.2. The molecule has 0 aliphatic carbocycles. The van der Waals surface area contributed by atoms with Crippen LogP contribution >= 0.6 is 0 Å². The Balaban J connectivity index is 1.32. The smallest absolute Gasteiger partial charge is 0.331 e. The van der Waals surface area contributed by atoms with E-state index >= 15 is 0 Å². The molecule has 1 aromatic heterocycles. The Bertz CT molecular complexity index is 1500. The highest BCUT2D eigenvalue weighted by Gasteiger charge is 2.34. The molecule has 204 valence electrons. The average Bonchev–Trinajstić information content (AvgIpc) is 3.54. The number of para-hydroxylation sites is 1. The maximum absolute atomic E-state index is 12.7. The second-order valence-corrected chi connectivity index (χ2v) is 11.5. The lowest BCUT2D eigenvalue weighted by Gasteiger charge is -2.26. The van der Waals surface area contributed by atoms with Crippen molar-refractivity contribution in [3.05, 3.63) is 66.4 Å². The first-order valence-electron chi connectivity index (χ1n) is 12.7. The van der Waals surface area contributed by atoms with Crippen molar-refractivity contribution in [2.45, 2.75) is 19.4 Å². The molecule has 0 saturated carbocycles. The lowest BCUT2D eigenvalue weighted by molar-refractivity contribution is -0.149. The molecule has 0 bridgehead atoms. The Morgan fingerprint density at radius 3 is 2.62 bits per heavy atom. The highest BCUT2D eigenvalue weighted by Crippen LogP contribution is 2.35. The number of ether oxygens (including phenoxy) is 3. The van der Waals surface area contributed by atoms with Crippen molar-refractivity contribution in [1.82, 2.24) is 14.7 Å². The van der Waals surface area contributed by atoms with Crippen LogP contribution in [0, 0.1) is 0 Å². The Morgan fingerprint density at radius 2 is 1.90 bits per heavy atom. The molecule has 1 amide bonds. The van der Waals surface area contributed by atoms with Crippen LogP contribution in [-0.2, 0) is 24.2 Å². The van der Waals surface area contributed by atoms with Gasteiger partial charge in [0, 0.05) is 36.0 Å². The number of amides is 1. The van der Waals surface area contributed by atoms with Gasteiger partial charge in [0.05, 0.1) is 17.2 Å². The largest absolute Gasteiger partial charge is 0.486 e. The standard InChI is InChI=1S/C28H29N3O7S/c1-2-30(23-12-15-39(34,35)19-23)26(32)18-38-27(33)11-9-21-17-31(22-6-4-3-5-7-22)29-28(21)20-8-10-24-25(16-20)37-14-13-36-24/h3-11,16-17,23H,2,12-15,18-19H2,1H3/b11-9+/t23-/m1/s1. The third-order valence-electron chi connectivity index (χ3n) is 6.63. The van der Waals surface area contributed by atoms with Crippen molar-refractivity contribution in [2.75, 3.05) is 37.9 Å². The van der Waals surface area contributed by atoms with Crippen LogP contribution in [-0.4, -0.2) is 78.9 Å². The molecule has 0 radical (unpaired) electrons. The zero-order valence-corrected chi connectivity index (χ0v) is 22.3. The van der Waals surface area contributed by atoms with Crippen molar-refractivity contribution in [3.8, 4) is 28.4 Å². The number of esters is 1. The molecule has 0 N–H and O–H groups in total. The number of rotatable bonds is 8. The van der Waals surface area contributed by atoms with E-state index in [2.05, 4.69) is 0 Å². The van der Waals surface area contributed by atoms with E-state index in [0.717, 1.165) is 11.3 Å². The molecule has 2 aliphatic rings. The Hall–Kier alpha value is -4.12. The molecule has 1 saturated heterocycles. The summed E-state index contributed by atoms with van der Waals surface area (Å²) in [5, 5.41) is 4.75. The molecule has 2 aliphatic heterocycles. The number of hydrogen-bond donors (Lipinski definition) is 0. The third kappa shape index (κ3) is 6.14. The van der Waals surface area contributed by atoms with Gasteiger partial charge in [-0.3, -0.25) is 4.79 Å². The van der Waals surface area contributed by atoms with Gasteiger partial charge in [-0.25, -0.2) is 17.9 Å². The maximum Gasteiger partial charge on any atom is 0.331 e. The number of nitrogens with zero attached hydrogens (tertiary/aromatic N) is 3. The van der Waals surface area contributed by atoms with Gasteiger partial charge < -0.3 is 19.1 Å². The lowest BCUT2D eigenvalue weighted by atomic mass is 10.1. The fourth-order valence-corrected chi connectivity index (χ4v) is 6.45. The second kappa shape index (κ2) is 11.3. The number of fused-ring (bicyclic) bond motifs is 1. The molecule has 0 spiro atoms. The Morgan fingerprint density at radius 1 is 1.13 bits per heavy atom. The molecule has 5 rings (SSSR count). The number of hydrogen-bond acceptors (Lipinski definition) is 8. The summed E-state index contributed by atoms with van der Waals surface area (Å²) in [6.07, 6.45) is 5.03. The molecule has 11 heteroatoms. The molecule has 2 aromatic carbocycles. The first-order valence-corrected chi connectivity index (χ1v) is 14.5. The average molecular weight is 552 g/mol. The molecule has 1 atom stereocenters. The molecule has 39 heavy (non-hydrogen) atoms. The van der Waals surface area contributed by atoms with Crippen molar-refractivity contribution in [2.24, 2.45) is 0 Å². The Kier molecular flexibility index (Phi) is 7.69. The number of benzene rings is 2. The van der Waals surface area contributed by atoms with Gasteiger partial charge in [-0.05, 0) is 49.8 Å². The summed E-state index contributed by atoms with van der Waals surface area (Å²) in [4.78, 5) is 26.7. The van der Waals surface area contributed by atoms with Gasteiger partial charge in [0.15, 0.2) is 27.9 Å². The summed E-state index contributed by atoms with van der Waals surface area (Å²) in [5.74, 6) is 0.167. The van der Waals surface area contributed by atoms with Crippen LogP contribution in [0.3, 0.4) is 0 Å². The van der Waals surface area contributed by atoms with Crippen LogP contribution in [0.1, 0.15) is 18.9 Å². The summed E-state index contributed by atoms with van der Waals surface area (Å²) < 4.78 is 41.9. The highest BCUT2D eigenvalue weighted by molar-refractivity contribution is 7.91. The topological polar surface area (TPSA) is 117 Å². The van der Waals surface area contributed by atoms with E-state index in [-0.39, 0.29) is 17.5 Å². The number of likely N-dealkylation sites (N-methyl/N-ethyl adjacent to an activating group) is 1. The van der Waals surface area contributed by atoms with Gasteiger partial charge in [-0.2, -0.15) is 5.10 Å². The van der Waals surface area contributed by atoms with Gasteiger partial charge in [0.2, 0.25) is 0 Å². The van der Waals surface area contributed by atoms with Gasteiger partial charge >= 0.3 is 5.97 Å². The van der Waals surface area contributed by atoms with Crippen LogP contribution in [0.2, 0.25) is 0 Å². The first-order chi connectivity index (χ1) is 18.8. The van der Waals surface area contributed by atoms with Crippen LogP contribution in [0.25, 0.3) is 23.0 Å². The predicted molar refractivity (Wildman–Crippen MR) is 144 cm³/mol. The number of aromatic nitrogens is 2. The van der Waals surface area contributed by atoms with Gasteiger partial charge in [0.1, 0.15) is 18.9 Å². The van der Waals surface area contributed by atoms with Gasteiger partial charge in [-0.15, -0.1) is 0 Å². The van der Waals surface area contributed by atoms with Crippen molar-refractivity contribution in [3.63, 3.8) is 0 Å². The molecule has 0 unspecified atom stereocenters. The second-order valence-electron chi connectivity index (χ2n) is 9.25. The van der Waals surface area contributed by atoms with E-state index < -0.39 is 28.3 Å².